The fourth-order valence-electron chi connectivity index (χ4n) is 2.77. The van der Waals surface area contributed by atoms with Crippen LogP contribution in [-0.4, -0.2) is 35.7 Å². The van der Waals surface area contributed by atoms with Crippen molar-refractivity contribution in [2.24, 2.45) is 0 Å². The Kier molecular flexibility index (Phi) is 5.03. The Hall–Kier alpha value is -2.36. The maximum Gasteiger partial charge on any atom is 0.221 e. The highest BCUT2D eigenvalue weighted by atomic mass is 32.1. The Balaban J connectivity index is 1.94. The predicted octanol–water partition coefficient (Wildman–Crippen LogP) is 2.48. The van der Waals surface area contributed by atoms with Crippen LogP contribution in [0, 0.1) is 11.8 Å². The van der Waals surface area contributed by atoms with Gasteiger partial charge in [0.1, 0.15) is 5.60 Å². The van der Waals surface area contributed by atoms with E-state index in [1.54, 1.807) is 25.2 Å². The van der Waals surface area contributed by atoms with E-state index >= 15 is 0 Å². The number of carbonyl (C=O) groups is 1. The van der Waals surface area contributed by atoms with Crippen molar-refractivity contribution in [1.82, 2.24) is 10.3 Å². The van der Waals surface area contributed by atoms with Gasteiger partial charge in [0.15, 0.2) is 5.13 Å². The van der Waals surface area contributed by atoms with E-state index in [9.17, 15) is 9.90 Å². The van der Waals surface area contributed by atoms with Crippen molar-refractivity contribution in [2.75, 3.05) is 19.0 Å². The van der Waals surface area contributed by atoms with Crippen LogP contribution in [-0.2, 0) is 11.3 Å². The Bertz CT molecular complexity index is 867. The number of benzene rings is 1. The summed E-state index contributed by atoms with van der Waals surface area (Å²) >= 11 is 1.64. The lowest BCUT2D eigenvalue weighted by Crippen LogP contribution is -2.21. The van der Waals surface area contributed by atoms with Gasteiger partial charge in [0.05, 0.1) is 12.2 Å². The molecule has 1 aromatic heterocycles. The summed E-state index contributed by atoms with van der Waals surface area (Å²) in [5, 5.41) is 13.6. The highest BCUT2D eigenvalue weighted by molar-refractivity contribution is 7.15. The number of thiazole rings is 1. The first-order valence-electron chi connectivity index (χ1n) is 8.52. The van der Waals surface area contributed by atoms with Crippen molar-refractivity contribution in [3.8, 4) is 11.8 Å². The van der Waals surface area contributed by atoms with Crippen LogP contribution in [0.15, 0.2) is 24.3 Å². The SMILES string of the molecule is CN(C)c1nc2c(s1)C(c1ccc(C#CC(C)(C)O)cc1)CC(=O)NC2. The minimum Gasteiger partial charge on any atom is -0.378 e. The molecular weight excluding hydrogens is 346 g/mol. The van der Waals surface area contributed by atoms with Crippen LogP contribution < -0.4 is 10.2 Å². The van der Waals surface area contributed by atoms with E-state index in [4.69, 9.17) is 0 Å². The van der Waals surface area contributed by atoms with Crippen molar-refractivity contribution in [3.63, 3.8) is 0 Å². The van der Waals surface area contributed by atoms with Crippen molar-refractivity contribution >= 4 is 22.4 Å². The van der Waals surface area contributed by atoms with Gasteiger partial charge < -0.3 is 15.3 Å². The van der Waals surface area contributed by atoms with Crippen molar-refractivity contribution < 1.29 is 9.90 Å². The molecule has 0 fully saturated rings. The molecule has 3 rings (SSSR count). The van der Waals surface area contributed by atoms with Crippen LogP contribution in [0.5, 0.6) is 0 Å². The minimum atomic E-state index is -1.02. The normalized spacial score (nSPS) is 16.8. The molecule has 26 heavy (non-hydrogen) atoms. The summed E-state index contributed by atoms with van der Waals surface area (Å²) in [6.07, 6.45) is 0.413. The Labute approximate surface area is 158 Å². The van der Waals surface area contributed by atoms with Gasteiger partial charge in [-0.15, -0.1) is 11.3 Å². The summed E-state index contributed by atoms with van der Waals surface area (Å²) < 4.78 is 0. The molecule has 2 aromatic rings. The second kappa shape index (κ2) is 7.10. The molecule has 1 aliphatic heterocycles. The Morgan fingerprint density at radius 1 is 1.31 bits per heavy atom. The van der Waals surface area contributed by atoms with E-state index in [2.05, 4.69) is 22.1 Å². The number of nitrogens with zero attached hydrogens (tertiary/aromatic N) is 2. The van der Waals surface area contributed by atoms with Gasteiger partial charge in [-0.3, -0.25) is 4.79 Å². The highest BCUT2D eigenvalue weighted by Gasteiger charge is 2.28. The first-order chi connectivity index (χ1) is 12.2. The lowest BCUT2D eigenvalue weighted by atomic mass is 9.93. The molecule has 0 aliphatic carbocycles. The van der Waals surface area contributed by atoms with Crippen molar-refractivity contribution in [2.45, 2.75) is 38.3 Å². The average molecular weight is 369 g/mol. The summed E-state index contributed by atoms with van der Waals surface area (Å²) in [6, 6.07) is 7.89. The molecule has 0 radical (unpaired) electrons. The summed E-state index contributed by atoms with van der Waals surface area (Å²) in [5.74, 6) is 5.83. The summed E-state index contributed by atoms with van der Waals surface area (Å²) in [6.45, 7) is 3.79. The van der Waals surface area contributed by atoms with Gasteiger partial charge >= 0.3 is 0 Å². The monoisotopic (exact) mass is 369 g/mol. The van der Waals surface area contributed by atoms with Crippen LogP contribution in [0.2, 0.25) is 0 Å². The van der Waals surface area contributed by atoms with Crippen LogP contribution in [0.25, 0.3) is 0 Å². The lowest BCUT2D eigenvalue weighted by molar-refractivity contribution is -0.121. The van der Waals surface area contributed by atoms with Crippen LogP contribution in [0.4, 0.5) is 5.13 Å². The molecule has 1 amide bonds. The van der Waals surface area contributed by atoms with E-state index in [0.29, 0.717) is 13.0 Å². The zero-order valence-electron chi connectivity index (χ0n) is 15.5. The van der Waals surface area contributed by atoms with Gasteiger partial charge in [-0.05, 0) is 31.5 Å². The van der Waals surface area contributed by atoms with Gasteiger partial charge in [-0.2, -0.15) is 0 Å². The highest BCUT2D eigenvalue weighted by Crippen LogP contribution is 2.38. The van der Waals surface area contributed by atoms with Gasteiger partial charge in [0.25, 0.3) is 0 Å². The number of rotatable bonds is 2. The summed E-state index contributed by atoms with van der Waals surface area (Å²) in [5.41, 5.74) is 1.84. The Morgan fingerprint density at radius 3 is 2.62 bits per heavy atom. The average Bonchev–Trinajstić information content (AvgIpc) is 2.94. The van der Waals surface area contributed by atoms with Crippen LogP contribution in [0.1, 0.15) is 47.9 Å². The zero-order valence-corrected chi connectivity index (χ0v) is 16.3. The maximum atomic E-state index is 12.1. The number of hydrogen-bond donors (Lipinski definition) is 2. The van der Waals surface area contributed by atoms with Crippen LogP contribution >= 0.6 is 11.3 Å². The molecule has 0 saturated carbocycles. The third-order valence-electron chi connectivity index (χ3n) is 4.08. The van der Waals surface area contributed by atoms with Gasteiger partial charge in [0, 0.05) is 36.9 Å². The fraction of sp³-hybridized carbons (Fsp3) is 0.400. The molecular formula is C20H23N3O2S. The standard InChI is InChI=1S/C20H23N3O2S/c1-20(2,25)10-9-13-5-7-14(8-6-13)15-11-17(24)21-12-16-18(15)26-19(22-16)23(3)4/h5-8,15,25H,11-12H2,1-4H3,(H,21,24). The molecule has 136 valence electrons. The molecule has 0 bridgehead atoms. The second-order valence-electron chi connectivity index (χ2n) is 7.17. The van der Waals surface area contributed by atoms with Gasteiger partial charge in [-0.1, -0.05) is 24.0 Å². The predicted molar refractivity (Wildman–Crippen MR) is 104 cm³/mol. The first-order valence-corrected chi connectivity index (χ1v) is 9.34. The third-order valence-corrected chi connectivity index (χ3v) is 5.46. The molecule has 0 spiro atoms. The number of fused-ring (bicyclic) bond motifs is 1. The topological polar surface area (TPSA) is 65.5 Å². The van der Waals surface area contributed by atoms with Crippen molar-refractivity contribution in [1.29, 1.82) is 0 Å². The number of anilines is 1. The molecule has 1 atom stereocenters. The fourth-order valence-corrected chi connectivity index (χ4v) is 3.90. The smallest absolute Gasteiger partial charge is 0.221 e. The Morgan fingerprint density at radius 2 is 2.00 bits per heavy atom. The summed E-state index contributed by atoms with van der Waals surface area (Å²) in [4.78, 5) is 19.9. The molecule has 0 saturated heterocycles. The summed E-state index contributed by atoms with van der Waals surface area (Å²) in [7, 11) is 3.95. The van der Waals surface area contributed by atoms with E-state index in [1.165, 1.54) is 0 Å². The molecule has 1 unspecified atom stereocenters. The van der Waals surface area contributed by atoms with Crippen molar-refractivity contribution in [3.05, 3.63) is 46.0 Å². The lowest BCUT2D eigenvalue weighted by Gasteiger charge is -2.14. The second-order valence-corrected chi connectivity index (χ2v) is 8.18. The van der Waals surface area contributed by atoms with Gasteiger partial charge in [-0.25, -0.2) is 4.98 Å². The largest absolute Gasteiger partial charge is 0.378 e. The van der Waals surface area contributed by atoms with E-state index in [1.807, 2.05) is 43.3 Å². The third kappa shape index (κ3) is 4.24. The first kappa shape index (κ1) is 18.4. The zero-order chi connectivity index (χ0) is 18.9. The molecule has 2 heterocycles. The maximum absolute atomic E-state index is 12.1. The molecule has 1 aromatic carbocycles. The molecule has 6 heteroatoms. The number of amides is 1. The van der Waals surface area contributed by atoms with E-state index < -0.39 is 5.60 Å². The number of carbonyl (C=O) groups excluding carboxylic acids is 1. The number of hydrogen-bond acceptors (Lipinski definition) is 5. The molecule has 2 N–H and O–H groups in total. The number of nitrogens with one attached hydrogen (secondary N) is 1. The number of aromatic nitrogens is 1. The number of aliphatic hydroxyl groups is 1. The van der Waals surface area contributed by atoms with Gasteiger partial charge in [0.2, 0.25) is 5.91 Å². The van der Waals surface area contributed by atoms with Crippen LogP contribution in [0.3, 0.4) is 0 Å². The quantitative estimate of drug-likeness (QED) is 0.799. The molecule has 1 aliphatic rings. The van der Waals surface area contributed by atoms with E-state index in [-0.39, 0.29) is 11.8 Å². The minimum absolute atomic E-state index is 0.00464. The van der Waals surface area contributed by atoms with E-state index in [0.717, 1.165) is 26.8 Å². The molecule has 5 nitrogen and oxygen atoms in total.